The maximum Gasteiger partial charge on any atom is 0.316 e. The summed E-state index contributed by atoms with van der Waals surface area (Å²) in [7, 11) is 0. The molecule has 0 saturated carbocycles. The van der Waals surface area contributed by atoms with Crippen LogP contribution in [0.15, 0.2) is 53.9 Å². The molecule has 27 heavy (non-hydrogen) atoms. The molecule has 0 aliphatic rings. The number of nitrogens with zero attached hydrogens (tertiary/aromatic N) is 1. The van der Waals surface area contributed by atoms with Crippen LogP contribution >= 0.6 is 11.3 Å². The number of hydrogen-bond acceptors (Lipinski definition) is 4. The normalized spacial score (nSPS) is 10.4. The fourth-order valence-corrected chi connectivity index (χ4v) is 3.23. The Kier molecular flexibility index (Phi) is 5.83. The van der Waals surface area contributed by atoms with Gasteiger partial charge in [0.05, 0.1) is 10.7 Å². The maximum absolute atomic E-state index is 12.2. The highest BCUT2D eigenvalue weighted by Crippen LogP contribution is 2.21. The number of aromatic nitrogens is 1. The van der Waals surface area contributed by atoms with Crippen LogP contribution in [0.4, 0.5) is 10.5 Å². The van der Waals surface area contributed by atoms with Crippen molar-refractivity contribution in [1.29, 1.82) is 0 Å². The Labute approximate surface area is 161 Å². The molecule has 0 bridgehead atoms. The highest BCUT2D eigenvalue weighted by Gasteiger charge is 2.06. The number of nitrogens with one attached hydrogen (secondary N) is 2. The smallest absolute Gasteiger partial charge is 0.316 e. The molecule has 4 N–H and O–H groups in total. The topological polar surface area (TPSA) is 97.1 Å². The minimum absolute atomic E-state index is 0.157. The minimum Gasteiger partial charge on any atom is -0.352 e. The highest BCUT2D eigenvalue weighted by atomic mass is 32.1. The van der Waals surface area contributed by atoms with Gasteiger partial charge in [-0.3, -0.25) is 4.79 Å². The zero-order valence-corrected chi connectivity index (χ0v) is 15.7. The van der Waals surface area contributed by atoms with E-state index in [-0.39, 0.29) is 5.91 Å². The van der Waals surface area contributed by atoms with Crippen molar-refractivity contribution < 1.29 is 9.59 Å². The number of aryl methyl sites for hydroxylation is 1. The molecule has 0 aliphatic carbocycles. The van der Waals surface area contributed by atoms with Crippen LogP contribution in [0, 0.1) is 6.92 Å². The standard InChI is InChI=1S/C20H20N4O2S/c1-13-23-18(12-27-13)15-4-2-14(3-5-15)10-11-22-19(25)16-6-8-17(9-7-16)24-20(21)26/h2-9,12H,10-11H2,1H3,(H,22,25)(H3,21,24,26). The van der Waals surface area contributed by atoms with Gasteiger partial charge in [-0.1, -0.05) is 24.3 Å². The molecule has 3 rings (SSSR count). The maximum atomic E-state index is 12.2. The van der Waals surface area contributed by atoms with Crippen LogP contribution in [0.1, 0.15) is 20.9 Å². The van der Waals surface area contributed by atoms with Gasteiger partial charge in [0, 0.05) is 28.7 Å². The number of urea groups is 1. The van der Waals surface area contributed by atoms with Gasteiger partial charge in [0.25, 0.3) is 5.91 Å². The van der Waals surface area contributed by atoms with Gasteiger partial charge in [-0.15, -0.1) is 11.3 Å². The Morgan fingerprint density at radius 2 is 1.78 bits per heavy atom. The molecule has 7 heteroatoms. The zero-order valence-electron chi connectivity index (χ0n) is 14.9. The fraction of sp³-hybridized carbons (Fsp3) is 0.150. The summed E-state index contributed by atoms with van der Waals surface area (Å²) < 4.78 is 0. The van der Waals surface area contributed by atoms with E-state index in [1.807, 2.05) is 6.92 Å². The summed E-state index contributed by atoms with van der Waals surface area (Å²) in [6, 6.07) is 14.1. The van der Waals surface area contributed by atoms with E-state index < -0.39 is 6.03 Å². The molecule has 0 atom stereocenters. The van der Waals surface area contributed by atoms with Gasteiger partial charge in [0.2, 0.25) is 0 Å². The summed E-state index contributed by atoms with van der Waals surface area (Å²) in [6.07, 6.45) is 0.740. The first-order valence-electron chi connectivity index (χ1n) is 8.47. The van der Waals surface area contributed by atoms with Crippen molar-refractivity contribution in [2.24, 2.45) is 5.73 Å². The van der Waals surface area contributed by atoms with E-state index in [2.05, 4.69) is 45.3 Å². The molecule has 3 amide bonds. The summed E-state index contributed by atoms with van der Waals surface area (Å²) >= 11 is 1.64. The lowest BCUT2D eigenvalue weighted by Gasteiger charge is -2.07. The minimum atomic E-state index is -0.636. The lowest BCUT2D eigenvalue weighted by Crippen LogP contribution is -2.25. The zero-order chi connectivity index (χ0) is 19.2. The SMILES string of the molecule is Cc1nc(-c2ccc(CCNC(=O)c3ccc(NC(N)=O)cc3)cc2)cs1. The number of nitrogens with two attached hydrogens (primary N) is 1. The number of primary amides is 1. The summed E-state index contributed by atoms with van der Waals surface area (Å²) in [5, 5.41) is 8.45. The Bertz CT molecular complexity index is 933. The van der Waals surface area contributed by atoms with Gasteiger partial charge >= 0.3 is 6.03 Å². The van der Waals surface area contributed by atoms with E-state index in [0.29, 0.717) is 17.8 Å². The molecule has 6 nitrogen and oxygen atoms in total. The van der Waals surface area contributed by atoms with E-state index >= 15 is 0 Å². The van der Waals surface area contributed by atoms with Crippen molar-refractivity contribution in [2.45, 2.75) is 13.3 Å². The molecule has 0 spiro atoms. The van der Waals surface area contributed by atoms with Crippen molar-refractivity contribution >= 4 is 29.0 Å². The number of thiazole rings is 1. The predicted octanol–water partition coefficient (Wildman–Crippen LogP) is 3.58. The van der Waals surface area contributed by atoms with Gasteiger partial charge in [-0.05, 0) is 43.2 Å². The van der Waals surface area contributed by atoms with E-state index in [1.54, 1.807) is 35.6 Å². The first kappa shape index (κ1) is 18.6. The number of carbonyl (C=O) groups excluding carboxylic acids is 2. The summed E-state index contributed by atoms with van der Waals surface area (Å²) in [4.78, 5) is 27.5. The number of carbonyl (C=O) groups is 2. The van der Waals surface area contributed by atoms with Crippen LogP contribution in [-0.4, -0.2) is 23.5 Å². The van der Waals surface area contributed by atoms with Crippen molar-refractivity contribution in [3.63, 3.8) is 0 Å². The Morgan fingerprint density at radius 3 is 2.37 bits per heavy atom. The monoisotopic (exact) mass is 380 g/mol. The second-order valence-electron chi connectivity index (χ2n) is 6.02. The lowest BCUT2D eigenvalue weighted by atomic mass is 10.1. The number of benzene rings is 2. The van der Waals surface area contributed by atoms with Crippen molar-refractivity contribution in [3.05, 3.63) is 70.0 Å². The van der Waals surface area contributed by atoms with E-state index in [4.69, 9.17) is 5.73 Å². The van der Waals surface area contributed by atoms with E-state index in [1.165, 1.54) is 0 Å². The third kappa shape index (κ3) is 5.15. The van der Waals surface area contributed by atoms with Crippen molar-refractivity contribution in [2.75, 3.05) is 11.9 Å². The second kappa shape index (κ2) is 8.46. The molecule has 0 aliphatic heterocycles. The van der Waals surface area contributed by atoms with E-state index in [9.17, 15) is 9.59 Å². The van der Waals surface area contributed by atoms with Crippen LogP contribution in [0.5, 0.6) is 0 Å². The van der Waals surface area contributed by atoms with Crippen LogP contribution in [-0.2, 0) is 6.42 Å². The molecular weight excluding hydrogens is 360 g/mol. The number of amides is 3. The van der Waals surface area contributed by atoms with Crippen LogP contribution in [0.2, 0.25) is 0 Å². The Morgan fingerprint density at radius 1 is 1.07 bits per heavy atom. The number of anilines is 1. The van der Waals surface area contributed by atoms with Crippen molar-refractivity contribution in [3.8, 4) is 11.3 Å². The first-order chi connectivity index (χ1) is 13.0. The molecule has 2 aromatic carbocycles. The first-order valence-corrected chi connectivity index (χ1v) is 9.35. The molecule has 1 aromatic heterocycles. The molecular formula is C20H20N4O2S. The lowest BCUT2D eigenvalue weighted by molar-refractivity contribution is 0.0954. The summed E-state index contributed by atoms with van der Waals surface area (Å²) in [5.41, 5.74) is 9.36. The average molecular weight is 380 g/mol. The van der Waals surface area contributed by atoms with Gasteiger partial charge in [0.1, 0.15) is 0 Å². The van der Waals surface area contributed by atoms with E-state index in [0.717, 1.165) is 28.2 Å². The number of rotatable bonds is 6. The fourth-order valence-electron chi connectivity index (χ4n) is 2.61. The molecule has 138 valence electrons. The molecule has 0 fully saturated rings. The molecule has 0 saturated heterocycles. The molecule has 0 unspecified atom stereocenters. The van der Waals surface area contributed by atoms with Gasteiger partial charge < -0.3 is 16.4 Å². The average Bonchev–Trinajstić information content (AvgIpc) is 3.09. The van der Waals surface area contributed by atoms with Crippen LogP contribution < -0.4 is 16.4 Å². The number of hydrogen-bond donors (Lipinski definition) is 3. The predicted molar refractivity (Wildman–Crippen MR) is 108 cm³/mol. The van der Waals surface area contributed by atoms with Crippen molar-refractivity contribution in [1.82, 2.24) is 10.3 Å². The highest BCUT2D eigenvalue weighted by molar-refractivity contribution is 7.09. The quantitative estimate of drug-likeness (QED) is 0.610. The largest absolute Gasteiger partial charge is 0.352 e. The van der Waals surface area contributed by atoms with Gasteiger partial charge in [0.15, 0.2) is 0 Å². The van der Waals surface area contributed by atoms with Gasteiger partial charge in [-0.25, -0.2) is 9.78 Å². The third-order valence-electron chi connectivity index (χ3n) is 3.98. The summed E-state index contributed by atoms with van der Waals surface area (Å²) in [5.74, 6) is -0.157. The van der Waals surface area contributed by atoms with Gasteiger partial charge in [-0.2, -0.15) is 0 Å². The Balaban J connectivity index is 1.50. The summed E-state index contributed by atoms with van der Waals surface area (Å²) in [6.45, 7) is 2.53. The third-order valence-corrected chi connectivity index (χ3v) is 4.76. The molecule has 0 radical (unpaired) electrons. The Hall–Kier alpha value is -3.19. The second-order valence-corrected chi connectivity index (χ2v) is 7.08. The van der Waals surface area contributed by atoms with Crippen LogP contribution in [0.25, 0.3) is 11.3 Å². The molecule has 1 heterocycles. The van der Waals surface area contributed by atoms with Crippen LogP contribution in [0.3, 0.4) is 0 Å². The molecule has 3 aromatic rings.